The first-order valence-electron chi connectivity index (χ1n) is 6.24. The zero-order valence-electron chi connectivity index (χ0n) is 11.0. The van der Waals surface area contributed by atoms with Crippen molar-refractivity contribution >= 4 is 0 Å². The van der Waals surface area contributed by atoms with Gasteiger partial charge in [-0.3, -0.25) is 0 Å². The molecule has 0 rings (SSSR count). The third-order valence-electron chi connectivity index (χ3n) is 1.90. The molecule has 4 N–H and O–H groups in total. The second kappa shape index (κ2) is 13.4. The summed E-state index contributed by atoms with van der Waals surface area (Å²) >= 11 is -4.02. The van der Waals surface area contributed by atoms with Crippen molar-refractivity contribution in [3.8, 4) is 0 Å². The Hall–Kier alpha value is 0.394. The molecule has 19 heavy (non-hydrogen) atoms. The molecule has 0 spiro atoms. The molecule has 0 saturated carbocycles. The number of aliphatic hydroxyl groups excluding tert-OH is 4. The average Bonchev–Trinajstić information content (AvgIpc) is 2.43. The summed E-state index contributed by atoms with van der Waals surface area (Å²) in [7, 11) is 0. The van der Waals surface area contributed by atoms with Crippen LogP contribution in [-0.2, 0) is 31.4 Å². The molecule has 0 aromatic rings. The van der Waals surface area contributed by atoms with E-state index in [4.69, 9.17) is 33.7 Å². The van der Waals surface area contributed by atoms with Crippen molar-refractivity contribution in [2.24, 2.45) is 0 Å². The van der Waals surface area contributed by atoms with Crippen molar-refractivity contribution in [1.29, 1.82) is 0 Å². The summed E-state index contributed by atoms with van der Waals surface area (Å²) in [6, 6.07) is 0. The Balaban J connectivity index is 4.44. The second-order valence-corrected chi connectivity index (χ2v) is 6.86. The summed E-state index contributed by atoms with van der Waals surface area (Å²) in [5, 5.41) is 35.1. The Morgan fingerprint density at radius 1 is 0.526 bits per heavy atom. The fourth-order valence-corrected chi connectivity index (χ4v) is 4.19. The Labute approximate surface area is 118 Å². The van der Waals surface area contributed by atoms with Gasteiger partial charge in [-0.15, -0.1) is 0 Å². The molecular weight excluding hydrogens is 296 g/mol. The summed E-state index contributed by atoms with van der Waals surface area (Å²) < 4.78 is 21.7. The van der Waals surface area contributed by atoms with Crippen LogP contribution in [0.1, 0.15) is 12.8 Å². The third kappa shape index (κ3) is 9.86. The van der Waals surface area contributed by atoms with Gasteiger partial charge in [0.05, 0.1) is 0 Å². The normalized spacial score (nSPS) is 12.0. The van der Waals surface area contributed by atoms with Crippen LogP contribution in [0.5, 0.6) is 0 Å². The third-order valence-corrected chi connectivity index (χ3v) is 5.39. The van der Waals surface area contributed by atoms with E-state index in [1.165, 1.54) is 0 Å². The maximum absolute atomic E-state index is 8.81. The summed E-state index contributed by atoms with van der Waals surface area (Å²) in [5.74, 6) is 0. The van der Waals surface area contributed by atoms with Crippen LogP contribution >= 0.6 is 0 Å². The van der Waals surface area contributed by atoms with E-state index in [0.29, 0.717) is 12.8 Å². The van der Waals surface area contributed by atoms with Crippen LogP contribution in [-0.4, -0.2) is 73.3 Å². The van der Waals surface area contributed by atoms with Crippen LogP contribution in [0.25, 0.3) is 0 Å². The zero-order valence-corrected chi connectivity index (χ0v) is 12.6. The number of aliphatic hydroxyl groups is 4. The van der Waals surface area contributed by atoms with Gasteiger partial charge in [-0.1, -0.05) is 0 Å². The molecule has 8 nitrogen and oxygen atoms in total. The monoisotopic (exact) mass is 320 g/mol. The van der Waals surface area contributed by atoms with Crippen molar-refractivity contribution in [3.63, 3.8) is 0 Å². The molecule has 0 bridgehead atoms. The fourth-order valence-electron chi connectivity index (χ4n) is 1.11. The van der Waals surface area contributed by atoms with E-state index in [1.54, 1.807) is 0 Å². The van der Waals surface area contributed by atoms with E-state index < -0.39 is 18.1 Å². The van der Waals surface area contributed by atoms with Crippen LogP contribution in [0, 0.1) is 0 Å². The van der Waals surface area contributed by atoms with Gasteiger partial charge in [-0.05, 0) is 0 Å². The molecule has 0 radical (unpaired) electrons. The Morgan fingerprint density at radius 2 is 0.895 bits per heavy atom. The molecule has 0 fully saturated rings. The molecule has 0 aliphatic carbocycles. The van der Waals surface area contributed by atoms with Gasteiger partial charge >= 0.3 is 118 Å². The van der Waals surface area contributed by atoms with Crippen molar-refractivity contribution in [2.45, 2.75) is 12.8 Å². The second-order valence-electron chi connectivity index (χ2n) is 3.50. The number of hydrogen-bond donors (Lipinski definition) is 4. The predicted octanol–water partition coefficient (Wildman–Crippen LogP) is -1.38. The molecule has 116 valence electrons. The fraction of sp³-hybridized carbons (Fsp3) is 1.00. The molecule has 0 aliphatic rings. The molecule has 0 aliphatic heterocycles. The Bertz CT molecular complexity index is 174. The van der Waals surface area contributed by atoms with Crippen LogP contribution in [0.4, 0.5) is 0 Å². The van der Waals surface area contributed by atoms with E-state index >= 15 is 0 Å². The first-order chi connectivity index (χ1) is 9.24. The molecule has 0 aromatic carbocycles. The van der Waals surface area contributed by atoms with Gasteiger partial charge in [0.2, 0.25) is 0 Å². The summed E-state index contributed by atoms with van der Waals surface area (Å²) in [4.78, 5) is 0. The molecule has 0 heterocycles. The van der Waals surface area contributed by atoms with Crippen molar-refractivity contribution in [1.82, 2.24) is 0 Å². The van der Waals surface area contributed by atoms with Crippen LogP contribution in [0.15, 0.2) is 0 Å². The first kappa shape index (κ1) is 19.4. The van der Waals surface area contributed by atoms with Gasteiger partial charge in [0.25, 0.3) is 0 Å². The minimum absolute atomic E-state index is 0.00365. The number of rotatable bonds is 14. The summed E-state index contributed by atoms with van der Waals surface area (Å²) in [5.41, 5.74) is 0. The van der Waals surface area contributed by atoms with Crippen molar-refractivity contribution in [2.75, 3.05) is 52.9 Å². The SMILES string of the molecule is OCCC[O][Ti]([O]CCO)([O]CCO)[O]CCCO. The van der Waals surface area contributed by atoms with Gasteiger partial charge in [0, 0.05) is 0 Å². The van der Waals surface area contributed by atoms with Gasteiger partial charge in [-0.25, -0.2) is 0 Å². The molecule has 0 aromatic heterocycles. The zero-order chi connectivity index (χ0) is 14.4. The Kier molecular flexibility index (Phi) is 13.7. The van der Waals surface area contributed by atoms with Crippen molar-refractivity contribution < 1.29 is 51.8 Å². The summed E-state index contributed by atoms with van der Waals surface area (Å²) in [6.07, 6.45) is 0.808. The number of hydrogen-bond acceptors (Lipinski definition) is 8. The summed E-state index contributed by atoms with van der Waals surface area (Å²) in [6.45, 7) is -0.0688. The quantitative estimate of drug-likeness (QED) is 0.228. The van der Waals surface area contributed by atoms with E-state index in [2.05, 4.69) is 0 Å². The van der Waals surface area contributed by atoms with Crippen LogP contribution in [0.3, 0.4) is 0 Å². The maximum atomic E-state index is 8.81. The van der Waals surface area contributed by atoms with Gasteiger partial charge in [-0.2, -0.15) is 0 Å². The molecule has 9 heteroatoms. The predicted molar refractivity (Wildman–Crippen MR) is 61.4 cm³/mol. The molecule has 0 unspecified atom stereocenters. The van der Waals surface area contributed by atoms with E-state index in [-0.39, 0.29) is 52.9 Å². The topological polar surface area (TPSA) is 118 Å². The van der Waals surface area contributed by atoms with Crippen LogP contribution < -0.4 is 0 Å². The molecule has 0 amide bonds. The molecular formula is C10H24O8Ti. The molecule has 0 atom stereocenters. The van der Waals surface area contributed by atoms with E-state index in [1.807, 2.05) is 0 Å². The standard InChI is InChI=1S/2C3H7O2.2C2H5O2.Ti/c2*4-2-1-3-5;2*3-1-2-4;/h2*4H,1-3H2;2*3H,1-2H2;/q4*-1;+4. The Morgan fingerprint density at radius 3 is 1.21 bits per heavy atom. The van der Waals surface area contributed by atoms with Gasteiger partial charge in [0.15, 0.2) is 0 Å². The van der Waals surface area contributed by atoms with Gasteiger partial charge < -0.3 is 0 Å². The van der Waals surface area contributed by atoms with E-state index in [0.717, 1.165) is 0 Å². The van der Waals surface area contributed by atoms with Gasteiger partial charge in [0.1, 0.15) is 0 Å². The van der Waals surface area contributed by atoms with Crippen molar-refractivity contribution in [3.05, 3.63) is 0 Å². The van der Waals surface area contributed by atoms with Crippen LogP contribution in [0.2, 0.25) is 0 Å². The van der Waals surface area contributed by atoms with E-state index in [9.17, 15) is 0 Å². The molecule has 0 saturated heterocycles. The minimum atomic E-state index is -4.02. The average molecular weight is 320 g/mol. The first-order valence-corrected chi connectivity index (χ1v) is 8.79.